The highest BCUT2D eigenvalue weighted by molar-refractivity contribution is 9.10. The number of nitrogens with zero attached hydrogens (tertiary/aromatic N) is 1. The molecule has 0 aliphatic carbocycles. The van der Waals surface area contributed by atoms with Gasteiger partial charge in [0.05, 0.1) is 0 Å². The zero-order valence-corrected chi connectivity index (χ0v) is 7.80. The van der Waals surface area contributed by atoms with Crippen molar-refractivity contribution in [2.75, 3.05) is 0 Å². The molecule has 0 unspecified atom stereocenters. The molecule has 1 aromatic carbocycles. The fourth-order valence-corrected chi connectivity index (χ4v) is 1.08. The molecule has 1 rings (SSSR count). The van der Waals surface area contributed by atoms with E-state index in [2.05, 4.69) is 20.8 Å². The molecule has 0 aromatic heterocycles. The maximum atomic E-state index is 6.81. The summed E-state index contributed by atoms with van der Waals surface area (Å²) >= 11 is 3.34. The molecule has 0 saturated heterocycles. The summed E-state index contributed by atoms with van der Waals surface area (Å²) in [5.74, 6) is 0. The molecule has 56 valence electrons. The highest BCUT2D eigenvalue weighted by atomic mass is 79.9. The maximum absolute atomic E-state index is 6.81. The summed E-state index contributed by atoms with van der Waals surface area (Å²) in [5, 5.41) is 0. The van der Waals surface area contributed by atoms with E-state index in [0.29, 0.717) is 0 Å². The summed E-state index contributed by atoms with van der Waals surface area (Å²) in [6, 6.07) is 7.82. The van der Waals surface area contributed by atoms with Crippen LogP contribution in [0.2, 0.25) is 0 Å². The van der Waals surface area contributed by atoms with Crippen LogP contribution in [-0.4, -0.2) is 0 Å². The Labute approximate surface area is 75.0 Å². The summed E-state index contributed by atoms with van der Waals surface area (Å²) in [6.07, 6.45) is 0. The molecule has 0 spiro atoms. The molecule has 2 heteroatoms. The lowest BCUT2D eigenvalue weighted by atomic mass is 10.1. The molecule has 0 aliphatic heterocycles. The number of hydrogen-bond acceptors (Lipinski definition) is 0. The van der Waals surface area contributed by atoms with Gasteiger partial charge in [-0.2, -0.15) is 0 Å². The van der Waals surface area contributed by atoms with Gasteiger partial charge in [0.15, 0.2) is 0 Å². The first kappa shape index (κ1) is 8.29. The second-order valence-corrected chi connectivity index (χ2v) is 3.27. The van der Waals surface area contributed by atoms with Gasteiger partial charge in [0.1, 0.15) is 0 Å². The molecule has 0 N–H and O–H groups in total. The first-order valence-corrected chi connectivity index (χ1v) is 4.15. The van der Waals surface area contributed by atoms with Gasteiger partial charge >= 0.3 is 0 Å². The molecule has 1 atom stereocenters. The van der Waals surface area contributed by atoms with Crippen molar-refractivity contribution in [2.24, 2.45) is 0 Å². The fourth-order valence-electron chi connectivity index (χ4n) is 0.816. The number of halogens is 1. The van der Waals surface area contributed by atoms with Crippen LogP contribution in [0.1, 0.15) is 18.5 Å². The minimum atomic E-state index is -0.0249. The van der Waals surface area contributed by atoms with Gasteiger partial charge in [-0.15, -0.1) is 0 Å². The molecular formula is C9H8BrN. The van der Waals surface area contributed by atoms with Crippen LogP contribution in [0.4, 0.5) is 0 Å². The van der Waals surface area contributed by atoms with E-state index in [9.17, 15) is 0 Å². The van der Waals surface area contributed by atoms with Crippen LogP contribution in [0.15, 0.2) is 28.7 Å². The predicted octanol–water partition coefficient (Wildman–Crippen LogP) is 3.43. The zero-order valence-electron chi connectivity index (χ0n) is 6.21. The smallest absolute Gasteiger partial charge is 0.245 e. The lowest BCUT2D eigenvalue weighted by molar-refractivity contribution is 0.961. The van der Waals surface area contributed by atoms with Gasteiger partial charge in [-0.25, -0.2) is 6.57 Å². The van der Waals surface area contributed by atoms with Gasteiger partial charge in [-0.05, 0) is 12.1 Å². The zero-order chi connectivity index (χ0) is 8.27. The van der Waals surface area contributed by atoms with E-state index in [0.717, 1.165) is 10.0 Å². The van der Waals surface area contributed by atoms with E-state index in [-0.39, 0.29) is 6.04 Å². The minimum Gasteiger partial charge on any atom is -0.309 e. The Balaban J connectivity index is 2.92. The van der Waals surface area contributed by atoms with Crippen molar-refractivity contribution in [3.63, 3.8) is 0 Å². The first-order valence-electron chi connectivity index (χ1n) is 3.36. The molecule has 0 bridgehead atoms. The largest absolute Gasteiger partial charge is 0.309 e. The summed E-state index contributed by atoms with van der Waals surface area (Å²) in [5.41, 5.74) is 1.07. The second kappa shape index (κ2) is 3.54. The van der Waals surface area contributed by atoms with Crippen molar-refractivity contribution in [3.8, 4) is 0 Å². The monoisotopic (exact) mass is 209 g/mol. The standard InChI is InChI=1S/C9H8BrN/c1-7(11-2)8-3-5-9(10)6-4-8/h3-7H,1H3/t7-/m1/s1. The van der Waals surface area contributed by atoms with Gasteiger partial charge in [0, 0.05) is 17.0 Å². The lowest BCUT2D eigenvalue weighted by Gasteiger charge is -1.97. The Morgan fingerprint density at radius 1 is 1.36 bits per heavy atom. The molecule has 0 amide bonds. The van der Waals surface area contributed by atoms with E-state index in [1.54, 1.807) is 0 Å². The van der Waals surface area contributed by atoms with E-state index in [1.165, 1.54) is 0 Å². The number of benzene rings is 1. The van der Waals surface area contributed by atoms with Crippen LogP contribution in [0, 0.1) is 6.57 Å². The third-order valence-corrected chi connectivity index (χ3v) is 2.07. The second-order valence-electron chi connectivity index (χ2n) is 2.36. The van der Waals surface area contributed by atoms with E-state index in [4.69, 9.17) is 6.57 Å². The van der Waals surface area contributed by atoms with Crippen molar-refractivity contribution in [1.29, 1.82) is 0 Å². The predicted molar refractivity (Wildman–Crippen MR) is 49.2 cm³/mol. The Hall–Kier alpha value is -0.810. The third kappa shape index (κ3) is 2.06. The van der Waals surface area contributed by atoms with Gasteiger partial charge in [0.25, 0.3) is 0 Å². The maximum Gasteiger partial charge on any atom is 0.245 e. The molecule has 0 fully saturated rings. The third-order valence-electron chi connectivity index (χ3n) is 1.55. The molecule has 1 aromatic rings. The number of hydrogen-bond donors (Lipinski definition) is 0. The Kier molecular flexibility index (Phi) is 2.67. The van der Waals surface area contributed by atoms with Crippen LogP contribution in [0.5, 0.6) is 0 Å². The fraction of sp³-hybridized carbons (Fsp3) is 0.222. The summed E-state index contributed by atoms with van der Waals surface area (Å²) < 4.78 is 1.05. The molecule has 0 aliphatic rings. The van der Waals surface area contributed by atoms with E-state index < -0.39 is 0 Å². The SMILES string of the molecule is [C-]#[N+][C@H](C)c1ccc(Br)cc1. The van der Waals surface area contributed by atoms with Crippen molar-refractivity contribution < 1.29 is 0 Å². The quantitative estimate of drug-likeness (QED) is 0.625. The van der Waals surface area contributed by atoms with Gasteiger partial charge in [0.2, 0.25) is 6.04 Å². The minimum absolute atomic E-state index is 0.0249. The van der Waals surface area contributed by atoms with Crippen LogP contribution < -0.4 is 0 Å². The highest BCUT2D eigenvalue weighted by Crippen LogP contribution is 2.18. The summed E-state index contributed by atoms with van der Waals surface area (Å²) in [6.45, 7) is 8.71. The van der Waals surface area contributed by atoms with Gasteiger partial charge in [-0.1, -0.05) is 28.1 Å². The van der Waals surface area contributed by atoms with Crippen molar-refractivity contribution in [1.82, 2.24) is 0 Å². The molecule has 11 heavy (non-hydrogen) atoms. The van der Waals surface area contributed by atoms with Crippen LogP contribution in [0.3, 0.4) is 0 Å². The number of rotatable bonds is 1. The van der Waals surface area contributed by atoms with Crippen LogP contribution in [0.25, 0.3) is 4.85 Å². The lowest BCUT2D eigenvalue weighted by Crippen LogP contribution is -1.84. The van der Waals surface area contributed by atoms with Crippen molar-refractivity contribution in [2.45, 2.75) is 13.0 Å². The van der Waals surface area contributed by atoms with E-state index >= 15 is 0 Å². The Morgan fingerprint density at radius 2 is 1.91 bits per heavy atom. The normalized spacial score (nSPS) is 12.1. The van der Waals surface area contributed by atoms with Crippen LogP contribution >= 0.6 is 15.9 Å². The molecule has 0 heterocycles. The van der Waals surface area contributed by atoms with Crippen molar-refractivity contribution in [3.05, 3.63) is 45.7 Å². The molecule has 1 nitrogen and oxygen atoms in total. The topological polar surface area (TPSA) is 4.36 Å². The van der Waals surface area contributed by atoms with E-state index in [1.807, 2.05) is 31.2 Å². The molecule has 0 radical (unpaired) electrons. The summed E-state index contributed by atoms with van der Waals surface area (Å²) in [7, 11) is 0. The van der Waals surface area contributed by atoms with Gasteiger partial charge in [-0.3, -0.25) is 0 Å². The first-order chi connectivity index (χ1) is 5.24. The molecule has 0 saturated carbocycles. The Bertz CT molecular complexity index is 271. The van der Waals surface area contributed by atoms with Crippen LogP contribution in [-0.2, 0) is 0 Å². The average Bonchev–Trinajstić information content (AvgIpc) is 2.05. The average molecular weight is 210 g/mol. The Morgan fingerprint density at radius 3 is 2.36 bits per heavy atom. The van der Waals surface area contributed by atoms with Gasteiger partial charge < -0.3 is 4.85 Å². The molecular weight excluding hydrogens is 202 g/mol. The highest BCUT2D eigenvalue weighted by Gasteiger charge is 2.05. The summed E-state index contributed by atoms with van der Waals surface area (Å²) in [4.78, 5) is 3.42. The van der Waals surface area contributed by atoms with Crippen molar-refractivity contribution >= 4 is 15.9 Å².